The summed E-state index contributed by atoms with van der Waals surface area (Å²) < 4.78 is 0. The number of hydrogen-bond donors (Lipinski definition) is 1. The van der Waals surface area contributed by atoms with Crippen LogP contribution in [-0.4, -0.2) is 30.3 Å². The van der Waals surface area contributed by atoms with E-state index < -0.39 is 0 Å². The van der Waals surface area contributed by atoms with Gasteiger partial charge >= 0.3 is 0 Å². The van der Waals surface area contributed by atoms with Gasteiger partial charge < -0.3 is 10.2 Å². The number of anilines is 2. The molecule has 2 aromatic rings. The van der Waals surface area contributed by atoms with E-state index in [0.717, 1.165) is 25.1 Å². The Labute approximate surface area is 142 Å². The number of hydrogen-bond acceptors (Lipinski definition) is 4. The predicted molar refractivity (Wildman–Crippen MR) is 96.8 cm³/mol. The first-order valence-corrected chi connectivity index (χ1v) is 8.09. The topological polar surface area (TPSA) is 62.3 Å². The monoisotopic (exact) mass is 325 g/mol. The molecule has 1 amide bonds. The molecule has 5 heteroatoms. The Morgan fingerprint density at radius 1 is 1.17 bits per heavy atom. The van der Waals surface area contributed by atoms with Crippen molar-refractivity contribution in [3.63, 3.8) is 0 Å². The van der Waals surface area contributed by atoms with Gasteiger partial charge in [0.2, 0.25) is 0 Å². The summed E-state index contributed by atoms with van der Waals surface area (Å²) in [6.07, 6.45) is 5.50. The van der Waals surface area contributed by atoms with E-state index in [9.17, 15) is 9.59 Å². The molecule has 24 heavy (non-hydrogen) atoms. The molecule has 0 atom stereocenters. The summed E-state index contributed by atoms with van der Waals surface area (Å²) in [7, 11) is 1.99. The third-order valence-corrected chi connectivity index (χ3v) is 3.80. The van der Waals surface area contributed by atoms with Crippen LogP contribution in [0.2, 0.25) is 0 Å². The van der Waals surface area contributed by atoms with Crippen molar-refractivity contribution in [3.8, 4) is 0 Å². The van der Waals surface area contributed by atoms with Gasteiger partial charge in [-0.2, -0.15) is 0 Å². The maximum absolute atomic E-state index is 12.4. The molecule has 0 bridgehead atoms. The SMILES string of the molecule is CCCCN(C)c1cncc(C(=O)Nc2cccc(C(C)=O)c2)c1. The van der Waals surface area contributed by atoms with Crippen LogP contribution in [0, 0.1) is 0 Å². The van der Waals surface area contributed by atoms with E-state index in [0.29, 0.717) is 16.8 Å². The molecule has 0 aliphatic heterocycles. The number of aromatic nitrogens is 1. The molecule has 0 aliphatic carbocycles. The highest BCUT2D eigenvalue weighted by molar-refractivity contribution is 6.05. The van der Waals surface area contributed by atoms with Gasteiger partial charge in [0.1, 0.15) is 0 Å². The Bertz CT molecular complexity index is 728. The fraction of sp³-hybridized carbons (Fsp3) is 0.316. The van der Waals surface area contributed by atoms with E-state index in [1.165, 1.54) is 6.92 Å². The van der Waals surface area contributed by atoms with Crippen molar-refractivity contribution < 1.29 is 9.59 Å². The number of benzene rings is 1. The Kier molecular flexibility index (Phi) is 6.07. The van der Waals surface area contributed by atoms with Crippen LogP contribution in [0.3, 0.4) is 0 Å². The summed E-state index contributed by atoms with van der Waals surface area (Å²) in [6.45, 7) is 4.56. The number of rotatable bonds is 7. The lowest BCUT2D eigenvalue weighted by Crippen LogP contribution is -2.20. The van der Waals surface area contributed by atoms with Gasteiger partial charge in [0.15, 0.2) is 5.78 Å². The molecule has 0 spiro atoms. The van der Waals surface area contributed by atoms with Gasteiger partial charge in [-0.25, -0.2) is 0 Å². The third kappa shape index (κ3) is 4.65. The van der Waals surface area contributed by atoms with Crippen LogP contribution >= 0.6 is 0 Å². The van der Waals surface area contributed by atoms with Gasteiger partial charge in [0, 0.05) is 31.0 Å². The molecule has 0 fully saturated rings. The fourth-order valence-corrected chi connectivity index (χ4v) is 2.30. The maximum Gasteiger partial charge on any atom is 0.257 e. The second kappa shape index (κ2) is 8.24. The molecule has 1 aromatic heterocycles. The van der Waals surface area contributed by atoms with Crippen molar-refractivity contribution in [1.82, 2.24) is 4.98 Å². The number of nitrogens with one attached hydrogen (secondary N) is 1. The largest absolute Gasteiger partial charge is 0.373 e. The summed E-state index contributed by atoms with van der Waals surface area (Å²) in [5.74, 6) is -0.277. The van der Waals surface area contributed by atoms with E-state index in [-0.39, 0.29) is 11.7 Å². The Balaban J connectivity index is 2.12. The molecule has 0 saturated heterocycles. The molecule has 0 aliphatic rings. The van der Waals surface area contributed by atoms with E-state index in [2.05, 4.69) is 22.1 Å². The van der Waals surface area contributed by atoms with Crippen LogP contribution in [0.4, 0.5) is 11.4 Å². The van der Waals surface area contributed by atoms with Crippen LogP contribution in [0.25, 0.3) is 0 Å². The molecule has 2 rings (SSSR count). The number of carbonyl (C=O) groups is 2. The van der Waals surface area contributed by atoms with Gasteiger partial charge in [0.25, 0.3) is 5.91 Å². The van der Waals surface area contributed by atoms with Crippen molar-refractivity contribution in [2.75, 3.05) is 23.8 Å². The van der Waals surface area contributed by atoms with Crippen molar-refractivity contribution in [3.05, 3.63) is 53.9 Å². The Hall–Kier alpha value is -2.69. The minimum Gasteiger partial charge on any atom is -0.373 e. The number of unbranched alkanes of at least 4 members (excludes halogenated alkanes) is 1. The number of nitrogens with zero attached hydrogens (tertiary/aromatic N) is 2. The minimum absolute atomic E-state index is 0.0349. The van der Waals surface area contributed by atoms with Crippen molar-refractivity contribution >= 4 is 23.1 Å². The van der Waals surface area contributed by atoms with Crippen molar-refractivity contribution in [2.24, 2.45) is 0 Å². The third-order valence-electron chi connectivity index (χ3n) is 3.80. The molecule has 1 aromatic carbocycles. The standard InChI is InChI=1S/C19H23N3O2/c1-4-5-9-22(3)18-11-16(12-20-13-18)19(24)21-17-8-6-7-15(10-17)14(2)23/h6-8,10-13H,4-5,9H2,1-3H3,(H,21,24). The highest BCUT2D eigenvalue weighted by Gasteiger charge is 2.10. The van der Waals surface area contributed by atoms with Gasteiger partial charge in [-0.3, -0.25) is 14.6 Å². The van der Waals surface area contributed by atoms with E-state index in [4.69, 9.17) is 0 Å². The first-order valence-electron chi connectivity index (χ1n) is 8.09. The quantitative estimate of drug-likeness (QED) is 0.787. The summed E-state index contributed by atoms with van der Waals surface area (Å²) in [6, 6.07) is 8.73. The Morgan fingerprint density at radius 2 is 1.96 bits per heavy atom. The lowest BCUT2D eigenvalue weighted by atomic mass is 10.1. The summed E-state index contributed by atoms with van der Waals surface area (Å²) >= 11 is 0. The summed E-state index contributed by atoms with van der Waals surface area (Å²) in [5.41, 5.74) is 2.56. The molecule has 5 nitrogen and oxygen atoms in total. The molecule has 1 N–H and O–H groups in total. The smallest absolute Gasteiger partial charge is 0.257 e. The van der Waals surface area contributed by atoms with Gasteiger partial charge in [-0.15, -0.1) is 0 Å². The van der Waals surface area contributed by atoms with Crippen molar-refractivity contribution in [1.29, 1.82) is 0 Å². The van der Waals surface area contributed by atoms with Crippen LogP contribution in [-0.2, 0) is 0 Å². The second-order valence-corrected chi connectivity index (χ2v) is 5.80. The lowest BCUT2D eigenvalue weighted by Gasteiger charge is -2.19. The zero-order valence-electron chi connectivity index (χ0n) is 14.4. The highest BCUT2D eigenvalue weighted by atomic mass is 16.1. The van der Waals surface area contributed by atoms with Gasteiger partial charge in [-0.1, -0.05) is 25.5 Å². The maximum atomic E-state index is 12.4. The number of pyridine rings is 1. The second-order valence-electron chi connectivity index (χ2n) is 5.80. The average molecular weight is 325 g/mol. The zero-order chi connectivity index (χ0) is 17.5. The molecular formula is C19H23N3O2. The van der Waals surface area contributed by atoms with E-state index in [1.807, 2.05) is 13.1 Å². The summed E-state index contributed by atoms with van der Waals surface area (Å²) in [5, 5.41) is 2.81. The normalized spacial score (nSPS) is 10.3. The van der Waals surface area contributed by atoms with E-state index in [1.54, 1.807) is 36.7 Å². The lowest BCUT2D eigenvalue weighted by molar-refractivity contribution is 0.101. The molecule has 0 saturated carbocycles. The average Bonchev–Trinajstić information content (AvgIpc) is 2.60. The molecule has 126 valence electrons. The van der Waals surface area contributed by atoms with Crippen LogP contribution in [0.1, 0.15) is 47.4 Å². The number of amides is 1. The molecular weight excluding hydrogens is 302 g/mol. The molecule has 0 radical (unpaired) electrons. The van der Waals surface area contributed by atoms with Gasteiger partial charge in [0.05, 0.1) is 17.4 Å². The van der Waals surface area contributed by atoms with Crippen LogP contribution in [0.5, 0.6) is 0 Å². The number of Topliss-reactive ketones (excluding diaryl/α,β-unsaturated/α-hetero) is 1. The first kappa shape index (κ1) is 17.7. The summed E-state index contributed by atoms with van der Waals surface area (Å²) in [4.78, 5) is 30.1. The minimum atomic E-state index is -0.242. The first-order chi connectivity index (χ1) is 11.5. The van der Waals surface area contributed by atoms with Crippen molar-refractivity contribution in [2.45, 2.75) is 26.7 Å². The zero-order valence-corrected chi connectivity index (χ0v) is 14.4. The van der Waals surface area contributed by atoms with Crippen LogP contribution in [0.15, 0.2) is 42.7 Å². The number of ketones is 1. The molecule has 0 unspecified atom stereocenters. The molecule has 1 heterocycles. The predicted octanol–water partition coefficient (Wildman–Crippen LogP) is 3.77. The van der Waals surface area contributed by atoms with Gasteiger partial charge in [-0.05, 0) is 31.5 Å². The van der Waals surface area contributed by atoms with Crippen LogP contribution < -0.4 is 10.2 Å². The number of carbonyl (C=O) groups excluding carboxylic acids is 2. The highest BCUT2D eigenvalue weighted by Crippen LogP contribution is 2.16. The Morgan fingerprint density at radius 3 is 2.67 bits per heavy atom. The van der Waals surface area contributed by atoms with E-state index >= 15 is 0 Å². The fourth-order valence-electron chi connectivity index (χ4n) is 2.30.